The molecule has 1 saturated heterocycles. The van der Waals surface area contributed by atoms with E-state index in [0.29, 0.717) is 18.0 Å². The smallest absolute Gasteiger partial charge is 0.225 e. The Morgan fingerprint density at radius 2 is 1.77 bits per heavy atom. The van der Waals surface area contributed by atoms with Crippen LogP contribution in [0.15, 0.2) is 36.7 Å². The Morgan fingerprint density at radius 3 is 2.42 bits per heavy atom. The van der Waals surface area contributed by atoms with Crippen LogP contribution in [0, 0.1) is 0 Å². The van der Waals surface area contributed by atoms with Gasteiger partial charge in [0.15, 0.2) is 11.5 Å². The third kappa shape index (κ3) is 6.78. The van der Waals surface area contributed by atoms with E-state index in [-0.39, 0.29) is 6.61 Å². The highest BCUT2D eigenvalue weighted by molar-refractivity contribution is 5.43. The lowest BCUT2D eigenvalue weighted by Gasteiger charge is -2.34. The molecule has 1 aliphatic rings. The molecule has 2 aromatic rings. The standard InChI is InChI=1S/C23H35N5O3/c1-4-26(5-2)17-20(29)18-31-22-15-19(7-8-21(22)30-3)16-27-11-13-28(14-12-27)23-24-9-6-10-25-23/h6-10,15,20,29H,4-5,11-14,16-18H2,1-3H3. The Morgan fingerprint density at radius 1 is 1.06 bits per heavy atom. The Labute approximate surface area is 185 Å². The van der Waals surface area contributed by atoms with Crippen LogP contribution in [0.5, 0.6) is 11.5 Å². The van der Waals surface area contributed by atoms with Gasteiger partial charge in [0.2, 0.25) is 5.95 Å². The number of methoxy groups -OCH3 is 1. The molecule has 0 bridgehead atoms. The predicted molar refractivity (Wildman–Crippen MR) is 122 cm³/mol. The van der Waals surface area contributed by atoms with Crippen LogP contribution >= 0.6 is 0 Å². The summed E-state index contributed by atoms with van der Waals surface area (Å²) in [6.45, 7) is 11.4. The van der Waals surface area contributed by atoms with E-state index in [1.54, 1.807) is 19.5 Å². The summed E-state index contributed by atoms with van der Waals surface area (Å²) in [4.78, 5) is 15.5. The Bertz CT molecular complexity index is 780. The molecule has 0 saturated carbocycles. The molecular weight excluding hydrogens is 394 g/mol. The lowest BCUT2D eigenvalue weighted by atomic mass is 10.1. The minimum Gasteiger partial charge on any atom is -0.493 e. The second kappa shape index (κ2) is 11.8. The summed E-state index contributed by atoms with van der Waals surface area (Å²) < 4.78 is 11.4. The predicted octanol–water partition coefficient (Wildman–Crippen LogP) is 1.89. The first-order valence-corrected chi connectivity index (χ1v) is 11.1. The molecule has 8 heteroatoms. The number of ether oxygens (including phenoxy) is 2. The Hall–Kier alpha value is -2.42. The molecule has 1 aliphatic heterocycles. The molecule has 0 spiro atoms. The minimum atomic E-state index is -0.540. The normalized spacial score (nSPS) is 15.8. The molecule has 1 aromatic carbocycles. The van der Waals surface area contributed by atoms with Gasteiger partial charge in [0.05, 0.1) is 7.11 Å². The number of aromatic nitrogens is 2. The Kier molecular flexibility index (Phi) is 8.87. The molecule has 1 atom stereocenters. The summed E-state index contributed by atoms with van der Waals surface area (Å²) in [7, 11) is 1.64. The third-order valence-corrected chi connectivity index (χ3v) is 5.64. The zero-order valence-corrected chi connectivity index (χ0v) is 18.9. The van der Waals surface area contributed by atoms with Crippen molar-refractivity contribution in [2.45, 2.75) is 26.5 Å². The molecule has 0 radical (unpaired) electrons. The average Bonchev–Trinajstić information content (AvgIpc) is 2.82. The highest BCUT2D eigenvalue weighted by Crippen LogP contribution is 2.29. The fourth-order valence-corrected chi connectivity index (χ4v) is 3.77. The molecule has 1 fully saturated rings. The van der Waals surface area contributed by atoms with Crippen LogP contribution in [0.1, 0.15) is 19.4 Å². The molecule has 8 nitrogen and oxygen atoms in total. The van der Waals surface area contributed by atoms with Crippen molar-refractivity contribution in [3.05, 3.63) is 42.2 Å². The number of benzene rings is 1. The van der Waals surface area contributed by atoms with Gasteiger partial charge in [0.25, 0.3) is 0 Å². The van der Waals surface area contributed by atoms with Gasteiger partial charge in [-0.1, -0.05) is 19.9 Å². The maximum atomic E-state index is 10.3. The molecule has 2 heterocycles. The Balaban J connectivity index is 1.54. The average molecular weight is 430 g/mol. The SMILES string of the molecule is CCN(CC)CC(O)COc1cc(CN2CCN(c3ncccn3)CC2)ccc1OC. The van der Waals surface area contributed by atoms with Gasteiger partial charge in [-0.05, 0) is 36.9 Å². The number of likely N-dealkylation sites (N-methyl/N-ethyl adjacent to an activating group) is 1. The summed E-state index contributed by atoms with van der Waals surface area (Å²) in [5.41, 5.74) is 1.17. The first-order valence-electron chi connectivity index (χ1n) is 11.1. The van der Waals surface area contributed by atoms with E-state index in [1.165, 1.54) is 5.56 Å². The first-order chi connectivity index (χ1) is 15.1. The number of piperazine rings is 1. The van der Waals surface area contributed by atoms with E-state index >= 15 is 0 Å². The molecule has 1 N–H and O–H groups in total. The quantitative estimate of drug-likeness (QED) is 0.581. The molecule has 0 amide bonds. The molecule has 1 unspecified atom stereocenters. The van der Waals surface area contributed by atoms with Crippen molar-refractivity contribution in [2.75, 3.05) is 64.4 Å². The third-order valence-electron chi connectivity index (χ3n) is 5.64. The molecule has 3 rings (SSSR count). The number of hydrogen-bond donors (Lipinski definition) is 1. The van der Waals surface area contributed by atoms with E-state index < -0.39 is 6.10 Å². The number of aliphatic hydroxyl groups is 1. The van der Waals surface area contributed by atoms with Gasteiger partial charge in [-0.3, -0.25) is 4.90 Å². The number of nitrogens with zero attached hydrogens (tertiary/aromatic N) is 5. The number of anilines is 1. The van der Waals surface area contributed by atoms with Crippen molar-refractivity contribution < 1.29 is 14.6 Å². The summed E-state index contributed by atoms with van der Waals surface area (Å²) in [6.07, 6.45) is 3.03. The van der Waals surface area contributed by atoms with Gasteiger partial charge in [-0.2, -0.15) is 0 Å². The molecule has 170 valence electrons. The van der Waals surface area contributed by atoms with Crippen molar-refractivity contribution in [1.82, 2.24) is 19.8 Å². The number of rotatable bonds is 11. The van der Waals surface area contributed by atoms with E-state index in [4.69, 9.17) is 9.47 Å². The highest BCUT2D eigenvalue weighted by Gasteiger charge is 2.19. The largest absolute Gasteiger partial charge is 0.493 e. The minimum absolute atomic E-state index is 0.242. The van der Waals surface area contributed by atoms with E-state index in [2.05, 4.69) is 44.6 Å². The maximum Gasteiger partial charge on any atom is 0.225 e. The van der Waals surface area contributed by atoms with Crippen LogP contribution in [0.25, 0.3) is 0 Å². The fourth-order valence-electron chi connectivity index (χ4n) is 3.77. The van der Waals surface area contributed by atoms with Crippen LogP contribution in [-0.4, -0.2) is 90.5 Å². The van der Waals surface area contributed by atoms with Crippen LogP contribution in [0.4, 0.5) is 5.95 Å². The van der Waals surface area contributed by atoms with Crippen molar-refractivity contribution in [3.8, 4) is 11.5 Å². The molecular formula is C23H35N5O3. The van der Waals surface area contributed by atoms with Gasteiger partial charge >= 0.3 is 0 Å². The monoisotopic (exact) mass is 429 g/mol. The molecule has 1 aromatic heterocycles. The zero-order valence-electron chi connectivity index (χ0n) is 18.9. The first kappa shape index (κ1) is 23.2. The van der Waals surface area contributed by atoms with E-state index in [1.807, 2.05) is 18.2 Å². The van der Waals surface area contributed by atoms with Gasteiger partial charge in [-0.15, -0.1) is 0 Å². The highest BCUT2D eigenvalue weighted by atomic mass is 16.5. The summed E-state index contributed by atoms with van der Waals surface area (Å²) in [5, 5.41) is 10.3. The summed E-state index contributed by atoms with van der Waals surface area (Å²) in [6, 6.07) is 7.88. The summed E-state index contributed by atoms with van der Waals surface area (Å²) in [5.74, 6) is 2.16. The van der Waals surface area contributed by atoms with Crippen LogP contribution in [0.3, 0.4) is 0 Å². The van der Waals surface area contributed by atoms with Gasteiger partial charge in [-0.25, -0.2) is 9.97 Å². The number of hydrogen-bond acceptors (Lipinski definition) is 8. The van der Waals surface area contributed by atoms with Gasteiger partial charge in [0.1, 0.15) is 12.7 Å². The molecule has 0 aliphatic carbocycles. The fraction of sp³-hybridized carbons (Fsp3) is 0.565. The van der Waals surface area contributed by atoms with Crippen LogP contribution in [0.2, 0.25) is 0 Å². The van der Waals surface area contributed by atoms with E-state index in [9.17, 15) is 5.11 Å². The van der Waals surface area contributed by atoms with Crippen LogP contribution in [-0.2, 0) is 6.54 Å². The van der Waals surface area contributed by atoms with Crippen molar-refractivity contribution >= 4 is 5.95 Å². The summed E-state index contributed by atoms with van der Waals surface area (Å²) >= 11 is 0. The second-order valence-electron chi connectivity index (χ2n) is 7.75. The second-order valence-corrected chi connectivity index (χ2v) is 7.75. The topological polar surface area (TPSA) is 74.2 Å². The molecule has 31 heavy (non-hydrogen) atoms. The van der Waals surface area contributed by atoms with Crippen LogP contribution < -0.4 is 14.4 Å². The zero-order chi connectivity index (χ0) is 22.1. The van der Waals surface area contributed by atoms with Gasteiger partial charge < -0.3 is 24.4 Å². The lowest BCUT2D eigenvalue weighted by molar-refractivity contribution is 0.0705. The van der Waals surface area contributed by atoms with Gasteiger partial charge in [0, 0.05) is 51.7 Å². The maximum absolute atomic E-state index is 10.3. The van der Waals surface area contributed by atoms with Crippen molar-refractivity contribution in [1.29, 1.82) is 0 Å². The number of aliphatic hydroxyl groups excluding tert-OH is 1. The lowest BCUT2D eigenvalue weighted by Crippen LogP contribution is -2.46. The van der Waals surface area contributed by atoms with Crippen molar-refractivity contribution in [3.63, 3.8) is 0 Å². The van der Waals surface area contributed by atoms with E-state index in [0.717, 1.165) is 51.8 Å². The van der Waals surface area contributed by atoms with Crippen molar-refractivity contribution in [2.24, 2.45) is 0 Å².